The van der Waals surface area contributed by atoms with E-state index >= 15 is 0 Å². The number of aromatic nitrogens is 2. The Kier molecular flexibility index (Phi) is 5.38. The number of amides is 1. The quantitative estimate of drug-likeness (QED) is 0.839. The molecule has 2 heterocycles. The third-order valence-electron chi connectivity index (χ3n) is 4.28. The van der Waals surface area contributed by atoms with Gasteiger partial charge in [0.25, 0.3) is 11.5 Å². The zero-order valence-corrected chi connectivity index (χ0v) is 14.9. The fourth-order valence-electron chi connectivity index (χ4n) is 2.92. The molecule has 0 spiro atoms. The lowest BCUT2D eigenvalue weighted by molar-refractivity contribution is 0.0738. The van der Waals surface area contributed by atoms with E-state index in [0.717, 1.165) is 25.2 Å². The molecule has 2 aromatic rings. The Hall–Kier alpha value is -2.34. The van der Waals surface area contributed by atoms with E-state index in [4.69, 9.17) is 11.6 Å². The maximum absolute atomic E-state index is 12.7. The fraction of sp³-hybridized carbons (Fsp3) is 0.389. The van der Waals surface area contributed by atoms with Gasteiger partial charge in [0.2, 0.25) is 0 Å². The Balaban J connectivity index is 1.66. The first-order valence-electron chi connectivity index (χ1n) is 8.46. The Morgan fingerprint density at radius 1 is 1.08 bits per heavy atom. The molecule has 1 aromatic heterocycles. The van der Waals surface area contributed by atoms with Crippen LogP contribution in [-0.2, 0) is 6.54 Å². The third-order valence-corrected chi connectivity index (χ3v) is 4.53. The van der Waals surface area contributed by atoms with E-state index < -0.39 is 0 Å². The Bertz CT molecular complexity index is 795. The summed E-state index contributed by atoms with van der Waals surface area (Å²) in [5, 5.41) is 4.92. The average Bonchev–Trinajstić information content (AvgIpc) is 2.64. The van der Waals surface area contributed by atoms with Crippen LogP contribution in [0.2, 0.25) is 5.02 Å². The van der Waals surface area contributed by atoms with Gasteiger partial charge in [-0.15, -0.1) is 0 Å². The first kappa shape index (κ1) is 17.5. The summed E-state index contributed by atoms with van der Waals surface area (Å²) in [5.74, 6) is -0.124. The van der Waals surface area contributed by atoms with Crippen molar-refractivity contribution in [2.45, 2.75) is 19.9 Å². The Morgan fingerprint density at radius 2 is 1.76 bits per heavy atom. The molecule has 0 N–H and O–H groups in total. The Labute approximate surface area is 151 Å². The first-order chi connectivity index (χ1) is 12.1. The summed E-state index contributed by atoms with van der Waals surface area (Å²) in [6, 6.07) is 10.6. The smallest absolute Gasteiger partial charge is 0.274 e. The van der Waals surface area contributed by atoms with Gasteiger partial charge in [0.15, 0.2) is 0 Å². The molecule has 25 heavy (non-hydrogen) atoms. The molecule has 0 unspecified atom stereocenters. The fourth-order valence-corrected chi connectivity index (χ4v) is 3.04. The number of nitrogens with zero attached hydrogens (tertiary/aromatic N) is 4. The van der Waals surface area contributed by atoms with E-state index in [1.165, 1.54) is 16.8 Å². The van der Waals surface area contributed by atoms with Crippen molar-refractivity contribution in [1.82, 2.24) is 14.7 Å². The number of rotatable bonds is 4. The molecule has 7 heteroatoms. The van der Waals surface area contributed by atoms with E-state index in [2.05, 4.69) is 10.00 Å². The minimum Gasteiger partial charge on any atom is -0.368 e. The lowest BCUT2D eigenvalue weighted by Crippen LogP contribution is -2.49. The number of carbonyl (C=O) groups is 1. The van der Waals surface area contributed by atoms with Gasteiger partial charge in [-0.2, -0.15) is 5.10 Å². The molecule has 0 aliphatic carbocycles. The van der Waals surface area contributed by atoms with E-state index in [0.29, 0.717) is 30.4 Å². The monoisotopic (exact) mass is 360 g/mol. The highest BCUT2D eigenvalue weighted by Gasteiger charge is 2.23. The summed E-state index contributed by atoms with van der Waals surface area (Å²) in [5.41, 5.74) is 1.25. The van der Waals surface area contributed by atoms with Gasteiger partial charge in [0.1, 0.15) is 5.69 Å². The highest BCUT2D eigenvalue weighted by atomic mass is 35.5. The Morgan fingerprint density at radius 3 is 2.40 bits per heavy atom. The van der Waals surface area contributed by atoms with Crippen LogP contribution in [0.3, 0.4) is 0 Å². The number of hydrogen-bond donors (Lipinski definition) is 0. The summed E-state index contributed by atoms with van der Waals surface area (Å²) in [7, 11) is 0. The summed E-state index contributed by atoms with van der Waals surface area (Å²) >= 11 is 5.93. The van der Waals surface area contributed by atoms with Gasteiger partial charge in [0, 0.05) is 49.5 Å². The number of hydrogen-bond acceptors (Lipinski definition) is 4. The number of piperazine rings is 1. The van der Waals surface area contributed by atoms with Crippen molar-refractivity contribution in [3.05, 3.63) is 57.5 Å². The standard InChI is InChI=1S/C18H21ClN4O2/c1-2-9-23-17(24)8-7-16(20-23)18(25)22-12-10-21(11-13-22)15-5-3-14(19)4-6-15/h3-8H,2,9-13H2,1H3. The maximum atomic E-state index is 12.7. The maximum Gasteiger partial charge on any atom is 0.274 e. The highest BCUT2D eigenvalue weighted by molar-refractivity contribution is 6.30. The second kappa shape index (κ2) is 7.70. The zero-order chi connectivity index (χ0) is 17.8. The van der Waals surface area contributed by atoms with Crippen LogP contribution in [0, 0.1) is 0 Å². The molecule has 0 atom stereocenters. The van der Waals surface area contributed by atoms with E-state index in [9.17, 15) is 9.59 Å². The van der Waals surface area contributed by atoms with Crippen molar-refractivity contribution >= 4 is 23.2 Å². The van der Waals surface area contributed by atoms with Crippen molar-refractivity contribution in [2.75, 3.05) is 31.1 Å². The van der Waals surface area contributed by atoms with E-state index in [-0.39, 0.29) is 11.5 Å². The molecule has 0 radical (unpaired) electrons. The number of halogens is 1. The van der Waals surface area contributed by atoms with Gasteiger partial charge < -0.3 is 9.80 Å². The van der Waals surface area contributed by atoms with Gasteiger partial charge in [-0.05, 0) is 36.8 Å². The lowest BCUT2D eigenvalue weighted by Gasteiger charge is -2.36. The van der Waals surface area contributed by atoms with Crippen LogP contribution in [0.1, 0.15) is 23.8 Å². The van der Waals surface area contributed by atoms with Gasteiger partial charge in [-0.25, -0.2) is 4.68 Å². The summed E-state index contributed by atoms with van der Waals surface area (Å²) in [4.78, 5) is 28.4. The molecule has 1 amide bonds. The lowest BCUT2D eigenvalue weighted by atomic mass is 10.2. The van der Waals surface area contributed by atoms with Crippen molar-refractivity contribution in [1.29, 1.82) is 0 Å². The molecule has 3 rings (SSSR count). The van der Waals surface area contributed by atoms with Gasteiger partial charge >= 0.3 is 0 Å². The van der Waals surface area contributed by atoms with Crippen LogP contribution in [0.4, 0.5) is 5.69 Å². The third kappa shape index (κ3) is 4.02. The molecule has 1 aromatic carbocycles. The molecule has 132 valence electrons. The minimum absolute atomic E-state index is 0.124. The van der Waals surface area contributed by atoms with Crippen LogP contribution < -0.4 is 10.5 Å². The molecule has 1 aliphatic rings. The molecular formula is C18H21ClN4O2. The van der Waals surface area contributed by atoms with Crippen LogP contribution in [0.15, 0.2) is 41.2 Å². The second-order valence-corrected chi connectivity index (χ2v) is 6.47. The predicted octanol–water partition coefficient (Wildman–Crippen LogP) is 2.27. The predicted molar refractivity (Wildman–Crippen MR) is 98.4 cm³/mol. The van der Waals surface area contributed by atoms with Crippen molar-refractivity contribution < 1.29 is 4.79 Å². The normalized spacial score (nSPS) is 14.6. The van der Waals surface area contributed by atoms with E-state index in [1.807, 2.05) is 31.2 Å². The molecule has 6 nitrogen and oxygen atoms in total. The largest absolute Gasteiger partial charge is 0.368 e. The second-order valence-electron chi connectivity index (χ2n) is 6.04. The first-order valence-corrected chi connectivity index (χ1v) is 8.84. The summed E-state index contributed by atoms with van der Waals surface area (Å²) < 4.78 is 1.36. The number of benzene rings is 1. The summed E-state index contributed by atoms with van der Waals surface area (Å²) in [6.45, 7) is 5.24. The summed E-state index contributed by atoms with van der Waals surface area (Å²) in [6.07, 6.45) is 0.796. The topological polar surface area (TPSA) is 58.4 Å². The average molecular weight is 361 g/mol. The van der Waals surface area contributed by atoms with Gasteiger partial charge in [0.05, 0.1) is 0 Å². The number of carbonyl (C=O) groups excluding carboxylic acids is 1. The molecule has 0 bridgehead atoms. The van der Waals surface area contributed by atoms with Crippen molar-refractivity contribution in [3.8, 4) is 0 Å². The van der Waals surface area contributed by atoms with Crippen molar-refractivity contribution in [3.63, 3.8) is 0 Å². The van der Waals surface area contributed by atoms with E-state index in [1.54, 1.807) is 4.90 Å². The number of aryl methyl sites for hydroxylation is 1. The number of anilines is 1. The minimum atomic E-state index is -0.175. The zero-order valence-electron chi connectivity index (χ0n) is 14.2. The molecule has 0 saturated carbocycles. The van der Waals surface area contributed by atoms with Crippen LogP contribution >= 0.6 is 11.6 Å². The molecule has 1 saturated heterocycles. The van der Waals surface area contributed by atoms with Crippen LogP contribution in [0.25, 0.3) is 0 Å². The SMILES string of the molecule is CCCn1nc(C(=O)N2CCN(c3ccc(Cl)cc3)CC2)ccc1=O. The molecule has 1 aliphatic heterocycles. The van der Waals surface area contributed by atoms with Crippen molar-refractivity contribution in [2.24, 2.45) is 0 Å². The highest BCUT2D eigenvalue weighted by Crippen LogP contribution is 2.19. The molecule has 1 fully saturated rings. The van der Waals surface area contributed by atoms with Crippen LogP contribution in [0.5, 0.6) is 0 Å². The van der Waals surface area contributed by atoms with Crippen LogP contribution in [-0.4, -0.2) is 46.8 Å². The molecular weight excluding hydrogens is 340 g/mol. The van der Waals surface area contributed by atoms with Gasteiger partial charge in [-0.1, -0.05) is 18.5 Å². The van der Waals surface area contributed by atoms with Gasteiger partial charge in [-0.3, -0.25) is 9.59 Å².